The highest BCUT2D eigenvalue weighted by Gasteiger charge is 2.16. The standard InChI is InChI=1S/C14H20ClNO4/c1-4-7-19-13-11(15)8-10(9-12(13)18-5-2)14(17)16-20-6-3/h8-9H,4-7H2,1-3H3,(H,16,17). The maximum absolute atomic E-state index is 11.8. The zero-order chi connectivity index (χ0) is 15.0. The third-order valence-corrected chi connectivity index (χ3v) is 2.61. The quantitative estimate of drug-likeness (QED) is 0.749. The topological polar surface area (TPSA) is 56.8 Å². The lowest BCUT2D eigenvalue weighted by atomic mass is 10.2. The monoisotopic (exact) mass is 301 g/mol. The minimum absolute atomic E-state index is 0.339. The van der Waals surface area contributed by atoms with E-state index in [2.05, 4.69) is 5.48 Å². The van der Waals surface area contributed by atoms with Crippen LogP contribution >= 0.6 is 11.6 Å². The molecule has 5 nitrogen and oxygen atoms in total. The second-order valence-corrected chi connectivity index (χ2v) is 4.34. The highest BCUT2D eigenvalue weighted by Crippen LogP contribution is 2.36. The number of nitrogens with one attached hydrogen (secondary N) is 1. The Morgan fingerprint density at radius 1 is 1.20 bits per heavy atom. The predicted octanol–water partition coefficient (Wildman–Crippen LogP) is 3.21. The van der Waals surface area contributed by atoms with Crippen molar-refractivity contribution in [2.24, 2.45) is 0 Å². The largest absolute Gasteiger partial charge is 0.490 e. The van der Waals surface area contributed by atoms with Crippen LogP contribution in [0.1, 0.15) is 37.6 Å². The number of amides is 1. The van der Waals surface area contributed by atoms with Crippen LogP contribution in [0.3, 0.4) is 0 Å². The van der Waals surface area contributed by atoms with Crippen molar-refractivity contribution < 1.29 is 19.1 Å². The zero-order valence-corrected chi connectivity index (χ0v) is 12.8. The summed E-state index contributed by atoms with van der Waals surface area (Å²) in [6.45, 7) is 7.00. The zero-order valence-electron chi connectivity index (χ0n) is 12.0. The molecule has 1 rings (SSSR count). The molecule has 1 aromatic rings. The number of hydrogen-bond acceptors (Lipinski definition) is 4. The van der Waals surface area contributed by atoms with E-state index in [1.165, 1.54) is 6.07 Å². The number of halogens is 1. The summed E-state index contributed by atoms with van der Waals surface area (Å²) >= 11 is 6.16. The van der Waals surface area contributed by atoms with Crippen LogP contribution in [-0.2, 0) is 4.84 Å². The molecule has 0 saturated carbocycles. The molecule has 0 radical (unpaired) electrons. The van der Waals surface area contributed by atoms with Crippen LogP contribution in [0.5, 0.6) is 11.5 Å². The Bertz CT molecular complexity index is 451. The van der Waals surface area contributed by atoms with Crippen LogP contribution in [0.25, 0.3) is 0 Å². The molecule has 0 aliphatic heterocycles. The van der Waals surface area contributed by atoms with E-state index in [4.69, 9.17) is 25.9 Å². The Balaban J connectivity index is 3.02. The van der Waals surface area contributed by atoms with Crippen LogP contribution in [0, 0.1) is 0 Å². The van der Waals surface area contributed by atoms with Gasteiger partial charge >= 0.3 is 0 Å². The third kappa shape index (κ3) is 4.58. The maximum atomic E-state index is 11.8. The van der Waals surface area contributed by atoms with Crippen LogP contribution in [0.2, 0.25) is 5.02 Å². The smallest absolute Gasteiger partial charge is 0.275 e. The van der Waals surface area contributed by atoms with Gasteiger partial charge < -0.3 is 9.47 Å². The minimum Gasteiger partial charge on any atom is -0.490 e. The first kappa shape index (κ1) is 16.6. The molecule has 0 aromatic heterocycles. The fraction of sp³-hybridized carbons (Fsp3) is 0.500. The average Bonchev–Trinajstić information content (AvgIpc) is 2.44. The number of rotatable bonds is 8. The van der Waals surface area contributed by atoms with Crippen molar-refractivity contribution in [1.29, 1.82) is 0 Å². The van der Waals surface area contributed by atoms with Crippen molar-refractivity contribution in [3.63, 3.8) is 0 Å². The van der Waals surface area contributed by atoms with Crippen LogP contribution < -0.4 is 15.0 Å². The molecule has 0 bridgehead atoms. The van der Waals surface area contributed by atoms with Gasteiger partial charge in [-0.3, -0.25) is 9.63 Å². The first-order valence-electron chi connectivity index (χ1n) is 6.65. The Kier molecular flexibility index (Phi) is 7.18. The molecule has 0 aliphatic carbocycles. The van der Waals surface area contributed by atoms with E-state index in [0.717, 1.165) is 6.42 Å². The van der Waals surface area contributed by atoms with Gasteiger partial charge in [0.2, 0.25) is 0 Å². The molecular formula is C14H20ClNO4. The van der Waals surface area contributed by atoms with Crippen LogP contribution in [0.4, 0.5) is 0 Å². The van der Waals surface area contributed by atoms with Gasteiger partial charge in [0.25, 0.3) is 5.91 Å². The fourth-order valence-electron chi connectivity index (χ4n) is 1.50. The van der Waals surface area contributed by atoms with Crippen molar-refractivity contribution >= 4 is 17.5 Å². The SMILES string of the molecule is CCCOc1c(Cl)cc(C(=O)NOCC)cc1OCC. The first-order chi connectivity index (χ1) is 9.63. The summed E-state index contributed by atoms with van der Waals surface area (Å²) < 4.78 is 11.0. The molecule has 0 aliphatic rings. The second kappa shape index (κ2) is 8.66. The molecule has 0 heterocycles. The van der Waals surface area contributed by atoms with Crippen LogP contribution in [-0.4, -0.2) is 25.7 Å². The van der Waals surface area contributed by atoms with Gasteiger partial charge in [-0.05, 0) is 32.4 Å². The van der Waals surface area contributed by atoms with E-state index in [1.54, 1.807) is 13.0 Å². The lowest BCUT2D eigenvalue weighted by molar-refractivity contribution is 0.0364. The Morgan fingerprint density at radius 3 is 2.55 bits per heavy atom. The average molecular weight is 302 g/mol. The summed E-state index contributed by atoms with van der Waals surface area (Å²) in [7, 11) is 0. The molecule has 1 aromatic carbocycles. The predicted molar refractivity (Wildman–Crippen MR) is 77.5 cm³/mol. The maximum Gasteiger partial charge on any atom is 0.275 e. The summed E-state index contributed by atoms with van der Waals surface area (Å²) in [5.74, 6) is 0.537. The number of ether oxygens (including phenoxy) is 2. The van der Waals surface area contributed by atoms with E-state index in [-0.39, 0.29) is 5.91 Å². The summed E-state index contributed by atoms with van der Waals surface area (Å²) in [6.07, 6.45) is 0.856. The summed E-state index contributed by atoms with van der Waals surface area (Å²) in [5, 5.41) is 0.339. The number of hydroxylamine groups is 1. The van der Waals surface area contributed by atoms with Crippen LogP contribution in [0.15, 0.2) is 12.1 Å². The molecule has 0 fully saturated rings. The van der Waals surface area contributed by atoms with E-state index >= 15 is 0 Å². The highest BCUT2D eigenvalue weighted by atomic mass is 35.5. The Morgan fingerprint density at radius 2 is 1.95 bits per heavy atom. The van der Waals surface area contributed by atoms with Gasteiger partial charge in [0.1, 0.15) is 0 Å². The second-order valence-electron chi connectivity index (χ2n) is 3.93. The van der Waals surface area contributed by atoms with E-state index < -0.39 is 0 Å². The number of benzene rings is 1. The molecule has 112 valence electrons. The van der Waals surface area contributed by atoms with Crippen molar-refractivity contribution in [2.45, 2.75) is 27.2 Å². The summed E-state index contributed by atoms with van der Waals surface area (Å²) in [5.41, 5.74) is 2.67. The van der Waals surface area contributed by atoms with Crippen molar-refractivity contribution in [3.8, 4) is 11.5 Å². The molecule has 0 saturated heterocycles. The molecular weight excluding hydrogens is 282 g/mol. The first-order valence-corrected chi connectivity index (χ1v) is 7.03. The van der Waals surface area contributed by atoms with Gasteiger partial charge in [-0.1, -0.05) is 18.5 Å². The summed E-state index contributed by atoms with van der Waals surface area (Å²) in [4.78, 5) is 16.7. The number of carbonyl (C=O) groups excluding carboxylic acids is 1. The molecule has 20 heavy (non-hydrogen) atoms. The normalized spacial score (nSPS) is 10.2. The van der Waals surface area contributed by atoms with Crippen molar-refractivity contribution in [3.05, 3.63) is 22.7 Å². The van der Waals surface area contributed by atoms with Gasteiger partial charge in [0.05, 0.1) is 24.8 Å². The Hall–Kier alpha value is -1.46. The van der Waals surface area contributed by atoms with Gasteiger partial charge in [0.15, 0.2) is 11.5 Å². The van der Waals surface area contributed by atoms with Crippen molar-refractivity contribution in [2.75, 3.05) is 19.8 Å². The van der Waals surface area contributed by atoms with Gasteiger partial charge in [-0.15, -0.1) is 0 Å². The molecule has 1 amide bonds. The lowest BCUT2D eigenvalue weighted by Crippen LogP contribution is -2.23. The molecule has 0 unspecified atom stereocenters. The highest BCUT2D eigenvalue weighted by molar-refractivity contribution is 6.32. The third-order valence-electron chi connectivity index (χ3n) is 2.33. The molecule has 0 spiro atoms. The fourth-order valence-corrected chi connectivity index (χ4v) is 1.77. The van der Waals surface area contributed by atoms with E-state index in [1.807, 2.05) is 13.8 Å². The van der Waals surface area contributed by atoms with Gasteiger partial charge in [-0.2, -0.15) is 0 Å². The number of hydrogen-bond donors (Lipinski definition) is 1. The molecule has 0 atom stereocenters. The van der Waals surface area contributed by atoms with Gasteiger partial charge in [0, 0.05) is 5.56 Å². The summed E-state index contributed by atoms with van der Waals surface area (Å²) in [6, 6.07) is 3.12. The van der Waals surface area contributed by atoms with Gasteiger partial charge in [-0.25, -0.2) is 5.48 Å². The van der Waals surface area contributed by atoms with Crippen molar-refractivity contribution in [1.82, 2.24) is 5.48 Å². The van der Waals surface area contributed by atoms with E-state index in [9.17, 15) is 4.79 Å². The Labute approximate surface area is 124 Å². The molecule has 1 N–H and O–H groups in total. The molecule has 6 heteroatoms. The lowest BCUT2D eigenvalue weighted by Gasteiger charge is -2.14. The van der Waals surface area contributed by atoms with E-state index in [0.29, 0.717) is 41.9 Å². The number of carbonyl (C=O) groups is 1. The minimum atomic E-state index is -0.378.